The Hall–Kier alpha value is -2.33. The molecule has 2 N–H and O–H groups in total. The second kappa shape index (κ2) is 6.90. The molecule has 0 fully saturated rings. The van der Waals surface area contributed by atoms with Crippen molar-refractivity contribution in [1.82, 2.24) is 0 Å². The number of carbonyl (C=O) groups is 2. The van der Waals surface area contributed by atoms with Crippen molar-refractivity contribution in [3.63, 3.8) is 0 Å². The Bertz CT molecular complexity index is 636. The fraction of sp³-hybridized carbons (Fsp3) is 0.125. The molecule has 2 amide bonds. The minimum atomic E-state index is -0.191. The predicted molar refractivity (Wildman–Crippen MR) is 84.7 cm³/mol. The zero-order chi connectivity index (χ0) is 15.2. The average molecular weight is 303 g/mol. The lowest BCUT2D eigenvalue weighted by atomic mass is 10.1. The van der Waals surface area contributed by atoms with Crippen molar-refractivity contribution in [2.75, 3.05) is 10.6 Å². The van der Waals surface area contributed by atoms with Crippen LogP contribution < -0.4 is 10.6 Å². The molecule has 4 nitrogen and oxygen atoms in total. The van der Waals surface area contributed by atoms with Crippen molar-refractivity contribution in [2.24, 2.45) is 0 Å². The van der Waals surface area contributed by atoms with E-state index in [0.717, 1.165) is 5.56 Å². The van der Waals surface area contributed by atoms with E-state index >= 15 is 0 Å². The lowest BCUT2D eigenvalue weighted by Gasteiger charge is -2.07. The molecule has 21 heavy (non-hydrogen) atoms. The second-order valence-corrected chi connectivity index (χ2v) is 4.81. The Morgan fingerprint density at radius 2 is 1.43 bits per heavy atom. The minimum Gasteiger partial charge on any atom is -0.326 e. The summed E-state index contributed by atoms with van der Waals surface area (Å²) < 4.78 is 0. The summed E-state index contributed by atoms with van der Waals surface area (Å²) in [6, 6.07) is 14.0. The number of hydrogen-bond acceptors (Lipinski definition) is 2. The molecule has 2 rings (SSSR count). The Morgan fingerprint density at radius 3 is 1.90 bits per heavy atom. The molecule has 0 spiro atoms. The zero-order valence-electron chi connectivity index (χ0n) is 11.5. The van der Waals surface area contributed by atoms with Gasteiger partial charge in [0, 0.05) is 29.7 Å². The second-order valence-electron chi connectivity index (χ2n) is 4.54. The predicted octanol–water partition coefficient (Wildman–Crippen LogP) is 3.64. The van der Waals surface area contributed by atoms with Gasteiger partial charge in [-0.2, -0.15) is 0 Å². The van der Waals surface area contributed by atoms with Gasteiger partial charge in [0.05, 0.1) is 0 Å². The van der Waals surface area contributed by atoms with Crippen LogP contribution in [0.4, 0.5) is 11.4 Å². The number of amides is 2. The highest BCUT2D eigenvalue weighted by Gasteiger charge is 2.06. The van der Waals surface area contributed by atoms with E-state index in [1.807, 2.05) is 12.1 Å². The van der Waals surface area contributed by atoms with E-state index in [1.165, 1.54) is 6.92 Å². The summed E-state index contributed by atoms with van der Waals surface area (Å²) >= 11 is 5.71. The van der Waals surface area contributed by atoms with Gasteiger partial charge in [-0.25, -0.2) is 0 Å². The van der Waals surface area contributed by atoms with E-state index in [2.05, 4.69) is 10.6 Å². The van der Waals surface area contributed by atoms with E-state index in [0.29, 0.717) is 22.8 Å². The van der Waals surface area contributed by atoms with Gasteiger partial charge in [0.15, 0.2) is 0 Å². The number of alkyl halides is 1. The Labute approximate surface area is 128 Å². The summed E-state index contributed by atoms with van der Waals surface area (Å²) in [5, 5.41) is 5.46. The highest BCUT2D eigenvalue weighted by atomic mass is 35.5. The summed E-state index contributed by atoms with van der Waals surface area (Å²) in [5.74, 6) is 0.0986. The van der Waals surface area contributed by atoms with Crippen LogP contribution in [0.1, 0.15) is 22.8 Å². The fourth-order valence-electron chi connectivity index (χ4n) is 1.79. The Kier molecular flexibility index (Phi) is 4.95. The van der Waals surface area contributed by atoms with Gasteiger partial charge in [-0.05, 0) is 42.0 Å². The molecule has 108 valence electrons. The van der Waals surface area contributed by atoms with Gasteiger partial charge in [-0.3, -0.25) is 9.59 Å². The monoisotopic (exact) mass is 302 g/mol. The molecule has 0 aliphatic rings. The smallest absolute Gasteiger partial charge is 0.255 e. The molecule has 0 saturated heterocycles. The van der Waals surface area contributed by atoms with Gasteiger partial charge in [0.25, 0.3) is 5.91 Å². The Morgan fingerprint density at radius 1 is 0.905 bits per heavy atom. The van der Waals surface area contributed by atoms with Crippen molar-refractivity contribution < 1.29 is 9.59 Å². The van der Waals surface area contributed by atoms with Gasteiger partial charge in [0.2, 0.25) is 5.91 Å². The molecular formula is C16H15ClN2O2. The average Bonchev–Trinajstić information content (AvgIpc) is 2.49. The van der Waals surface area contributed by atoms with Crippen LogP contribution in [0.2, 0.25) is 0 Å². The van der Waals surface area contributed by atoms with Crippen LogP contribution >= 0.6 is 11.6 Å². The van der Waals surface area contributed by atoms with Gasteiger partial charge in [-0.15, -0.1) is 11.6 Å². The van der Waals surface area contributed by atoms with E-state index < -0.39 is 0 Å². The molecule has 0 heterocycles. The van der Waals surface area contributed by atoms with Crippen molar-refractivity contribution >= 4 is 34.8 Å². The van der Waals surface area contributed by atoms with Crippen LogP contribution in [0.25, 0.3) is 0 Å². The number of hydrogen-bond donors (Lipinski definition) is 2. The molecule has 0 unspecified atom stereocenters. The lowest BCUT2D eigenvalue weighted by molar-refractivity contribution is -0.114. The molecule has 0 atom stereocenters. The molecular weight excluding hydrogens is 288 g/mol. The topological polar surface area (TPSA) is 58.2 Å². The molecule has 0 bridgehead atoms. The van der Waals surface area contributed by atoms with Crippen LogP contribution in [0, 0.1) is 0 Å². The molecule has 5 heteroatoms. The normalized spacial score (nSPS) is 10.0. The quantitative estimate of drug-likeness (QED) is 0.847. The SMILES string of the molecule is CC(=O)Nc1ccc(NC(=O)c2ccc(CCl)cc2)cc1. The summed E-state index contributed by atoms with van der Waals surface area (Å²) in [6.45, 7) is 1.44. The van der Waals surface area contributed by atoms with E-state index in [9.17, 15) is 9.59 Å². The standard InChI is InChI=1S/C16H15ClN2O2/c1-11(20)18-14-6-8-15(9-7-14)19-16(21)13-4-2-12(10-17)3-5-13/h2-9H,10H2,1H3,(H,18,20)(H,19,21). The van der Waals surface area contributed by atoms with Crippen LogP contribution in [-0.2, 0) is 10.7 Å². The van der Waals surface area contributed by atoms with E-state index in [4.69, 9.17) is 11.6 Å². The molecule has 2 aromatic carbocycles. The van der Waals surface area contributed by atoms with Crippen LogP contribution in [0.3, 0.4) is 0 Å². The number of anilines is 2. The van der Waals surface area contributed by atoms with Crippen molar-refractivity contribution in [1.29, 1.82) is 0 Å². The zero-order valence-corrected chi connectivity index (χ0v) is 12.3. The molecule has 0 radical (unpaired) electrons. The number of benzene rings is 2. The molecule has 0 aliphatic heterocycles. The first kappa shape index (κ1) is 15.1. The first-order valence-electron chi connectivity index (χ1n) is 6.42. The van der Waals surface area contributed by atoms with Crippen molar-refractivity contribution in [3.05, 3.63) is 59.7 Å². The van der Waals surface area contributed by atoms with Gasteiger partial charge < -0.3 is 10.6 Å². The van der Waals surface area contributed by atoms with Crippen molar-refractivity contribution in [3.8, 4) is 0 Å². The van der Waals surface area contributed by atoms with Crippen LogP contribution in [-0.4, -0.2) is 11.8 Å². The molecule has 2 aromatic rings. The van der Waals surface area contributed by atoms with E-state index in [-0.39, 0.29) is 11.8 Å². The molecule has 0 aliphatic carbocycles. The fourth-order valence-corrected chi connectivity index (χ4v) is 1.97. The summed E-state index contributed by atoms with van der Waals surface area (Å²) in [5.41, 5.74) is 2.88. The number of halogens is 1. The maximum atomic E-state index is 12.1. The van der Waals surface area contributed by atoms with Gasteiger partial charge in [-0.1, -0.05) is 12.1 Å². The highest BCUT2D eigenvalue weighted by molar-refractivity contribution is 6.17. The molecule has 0 aromatic heterocycles. The summed E-state index contributed by atoms with van der Waals surface area (Å²) in [6.07, 6.45) is 0. The minimum absolute atomic E-state index is 0.133. The van der Waals surface area contributed by atoms with Gasteiger partial charge >= 0.3 is 0 Å². The lowest BCUT2D eigenvalue weighted by Crippen LogP contribution is -2.12. The summed E-state index contributed by atoms with van der Waals surface area (Å²) in [7, 11) is 0. The number of nitrogens with one attached hydrogen (secondary N) is 2. The van der Waals surface area contributed by atoms with Crippen LogP contribution in [0.15, 0.2) is 48.5 Å². The third kappa shape index (κ3) is 4.33. The first-order valence-corrected chi connectivity index (χ1v) is 6.96. The first-order chi connectivity index (χ1) is 10.1. The third-order valence-corrected chi connectivity index (χ3v) is 3.14. The third-order valence-electron chi connectivity index (χ3n) is 2.83. The maximum Gasteiger partial charge on any atom is 0.255 e. The van der Waals surface area contributed by atoms with E-state index in [1.54, 1.807) is 36.4 Å². The molecule has 0 saturated carbocycles. The van der Waals surface area contributed by atoms with Crippen molar-refractivity contribution in [2.45, 2.75) is 12.8 Å². The Balaban J connectivity index is 2.03. The highest BCUT2D eigenvalue weighted by Crippen LogP contribution is 2.15. The van der Waals surface area contributed by atoms with Crippen LogP contribution in [0.5, 0.6) is 0 Å². The largest absolute Gasteiger partial charge is 0.326 e. The number of rotatable bonds is 4. The van der Waals surface area contributed by atoms with Gasteiger partial charge in [0.1, 0.15) is 0 Å². The number of carbonyl (C=O) groups excluding carboxylic acids is 2. The maximum absolute atomic E-state index is 12.1. The summed E-state index contributed by atoms with van der Waals surface area (Å²) in [4.78, 5) is 23.0.